The predicted octanol–water partition coefficient (Wildman–Crippen LogP) is 2.52. The zero-order valence-corrected chi connectivity index (χ0v) is 10.4. The molecule has 1 aromatic heterocycles. The molecule has 0 radical (unpaired) electrons. The van der Waals surface area contributed by atoms with Crippen molar-refractivity contribution in [1.82, 2.24) is 10.2 Å². The van der Waals surface area contributed by atoms with Crippen molar-refractivity contribution in [2.45, 2.75) is 31.9 Å². The average Bonchev–Trinajstić information content (AvgIpc) is 2.96. The van der Waals surface area contributed by atoms with E-state index < -0.39 is 11.2 Å². The summed E-state index contributed by atoms with van der Waals surface area (Å²) in [6.45, 7) is 0.487. The van der Waals surface area contributed by atoms with Gasteiger partial charge in [-0.3, -0.25) is 0 Å². The van der Waals surface area contributed by atoms with E-state index in [9.17, 15) is 18.3 Å². The van der Waals surface area contributed by atoms with Crippen molar-refractivity contribution in [1.29, 1.82) is 0 Å². The summed E-state index contributed by atoms with van der Waals surface area (Å²) in [5.74, 6) is 0. The maximum absolute atomic E-state index is 12.3. The van der Waals surface area contributed by atoms with Crippen LogP contribution in [0.2, 0.25) is 0 Å². The summed E-state index contributed by atoms with van der Waals surface area (Å²) in [5, 5.41) is 18.0. The minimum atomic E-state index is -4.44. The number of aliphatic hydroxyl groups is 1. The second kappa shape index (κ2) is 5.00. The molecule has 0 unspecified atom stereocenters. The standard InChI is InChI=1S/C10H14F3N3OS/c11-10(12,13)7-15-16-8(18-7)14-5-9(6-17)3-1-2-4-9/h17H,1-6H2,(H,14,16). The SMILES string of the molecule is OCC1(CNc2nnc(C(F)(F)F)s2)CCCC1. The van der Waals surface area contributed by atoms with Gasteiger partial charge < -0.3 is 10.4 Å². The highest BCUT2D eigenvalue weighted by Gasteiger charge is 2.36. The van der Waals surface area contributed by atoms with Crippen molar-refractivity contribution in [3.8, 4) is 0 Å². The minimum Gasteiger partial charge on any atom is -0.396 e. The highest BCUT2D eigenvalue weighted by molar-refractivity contribution is 7.15. The molecule has 0 bridgehead atoms. The second-order valence-corrected chi connectivity index (χ2v) is 5.61. The third-order valence-electron chi connectivity index (χ3n) is 3.28. The number of hydrogen-bond acceptors (Lipinski definition) is 5. The van der Waals surface area contributed by atoms with Crippen LogP contribution in [0.25, 0.3) is 0 Å². The number of nitrogens with zero attached hydrogens (tertiary/aromatic N) is 2. The number of alkyl halides is 3. The number of hydrogen-bond donors (Lipinski definition) is 2. The second-order valence-electron chi connectivity index (χ2n) is 4.63. The molecule has 0 aromatic carbocycles. The van der Waals surface area contributed by atoms with Crippen LogP contribution < -0.4 is 5.32 Å². The summed E-state index contributed by atoms with van der Waals surface area (Å²) in [7, 11) is 0. The first-order chi connectivity index (χ1) is 8.45. The van der Waals surface area contributed by atoms with Gasteiger partial charge in [0.2, 0.25) is 10.1 Å². The van der Waals surface area contributed by atoms with Gasteiger partial charge in [-0.2, -0.15) is 13.2 Å². The van der Waals surface area contributed by atoms with E-state index in [0.717, 1.165) is 25.7 Å². The van der Waals surface area contributed by atoms with Gasteiger partial charge in [0.1, 0.15) is 0 Å². The molecule has 1 heterocycles. The van der Waals surface area contributed by atoms with Gasteiger partial charge in [0, 0.05) is 12.0 Å². The van der Waals surface area contributed by atoms with Crippen molar-refractivity contribution >= 4 is 16.5 Å². The molecular weight excluding hydrogens is 267 g/mol. The molecule has 0 spiro atoms. The van der Waals surface area contributed by atoms with Crippen molar-refractivity contribution in [2.24, 2.45) is 5.41 Å². The maximum Gasteiger partial charge on any atom is 0.445 e. The lowest BCUT2D eigenvalue weighted by Crippen LogP contribution is -2.30. The number of aliphatic hydroxyl groups excluding tert-OH is 1. The van der Waals surface area contributed by atoms with Crippen molar-refractivity contribution < 1.29 is 18.3 Å². The van der Waals surface area contributed by atoms with E-state index in [-0.39, 0.29) is 17.2 Å². The van der Waals surface area contributed by atoms with Gasteiger partial charge in [-0.15, -0.1) is 10.2 Å². The molecule has 0 amide bonds. The monoisotopic (exact) mass is 281 g/mol. The van der Waals surface area contributed by atoms with E-state index in [1.165, 1.54) is 0 Å². The van der Waals surface area contributed by atoms with Crippen molar-refractivity contribution in [2.75, 3.05) is 18.5 Å². The lowest BCUT2D eigenvalue weighted by Gasteiger charge is -2.26. The van der Waals surface area contributed by atoms with E-state index in [1.807, 2.05) is 0 Å². The quantitative estimate of drug-likeness (QED) is 0.890. The molecule has 1 fully saturated rings. The Morgan fingerprint density at radius 1 is 1.28 bits per heavy atom. The van der Waals surface area contributed by atoms with Gasteiger partial charge in [0.15, 0.2) is 0 Å². The zero-order chi connectivity index (χ0) is 13.2. The molecule has 18 heavy (non-hydrogen) atoms. The number of aromatic nitrogens is 2. The topological polar surface area (TPSA) is 58.0 Å². The molecule has 0 saturated heterocycles. The Labute approximate surface area is 106 Å². The summed E-state index contributed by atoms with van der Waals surface area (Å²) in [6, 6.07) is 0. The van der Waals surface area contributed by atoms with Crippen LogP contribution in [-0.4, -0.2) is 28.5 Å². The number of nitrogens with one attached hydrogen (secondary N) is 1. The largest absolute Gasteiger partial charge is 0.445 e. The Bertz CT molecular complexity index is 401. The number of rotatable bonds is 4. The van der Waals surface area contributed by atoms with Crippen LogP contribution in [0.4, 0.5) is 18.3 Å². The average molecular weight is 281 g/mol. The first-order valence-corrected chi connectivity index (χ1v) is 6.52. The highest BCUT2D eigenvalue weighted by Crippen LogP contribution is 2.38. The predicted molar refractivity (Wildman–Crippen MR) is 61.4 cm³/mol. The Balaban J connectivity index is 1.96. The molecule has 1 aromatic rings. The summed E-state index contributed by atoms with van der Waals surface area (Å²) in [5.41, 5.74) is -0.218. The van der Waals surface area contributed by atoms with Crippen LogP contribution >= 0.6 is 11.3 Å². The molecule has 1 aliphatic carbocycles. The van der Waals surface area contributed by atoms with Crippen molar-refractivity contribution in [3.05, 3.63) is 5.01 Å². The molecule has 0 aliphatic heterocycles. The summed E-state index contributed by atoms with van der Waals surface area (Å²) in [6.07, 6.45) is -0.569. The summed E-state index contributed by atoms with van der Waals surface area (Å²) < 4.78 is 37.0. The van der Waals surface area contributed by atoms with Gasteiger partial charge in [-0.05, 0) is 12.8 Å². The van der Waals surface area contributed by atoms with Crippen LogP contribution in [0.1, 0.15) is 30.7 Å². The van der Waals surface area contributed by atoms with Gasteiger partial charge in [0.05, 0.1) is 6.61 Å². The number of anilines is 1. The highest BCUT2D eigenvalue weighted by atomic mass is 32.1. The third kappa shape index (κ3) is 2.92. The minimum absolute atomic E-state index is 0.0466. The first-order valence-electron chi connectivity index (χ1n) is 5.71. The molecule has 1 aliphatic rings. The van der Waals surface area contributed by atoms with Crippen molar-refractivity contribution in [3.63, 3.8) is 0 Å². The van der Waals surface area contributed by atoms with Crippen LogP contribution in [0, 0.1) is 5.41 Å². The normalized spacial score (nSPS) is 19.1. The third-order valence-corrected chi connectivity index (χ3v) is 4.21. The van der Waals surface area contributed by atoms with Gasteiger partial charge >= 0.3 is 6.18 Å². The van der Waals surface area contributed by atoms with Gasteiger partial charge in [-0.25, -0.2) is 0 Å². The molecule has 4 nitrogen and oxygen atoms in total. The van der Waals surface area contributed by atoms with Crippen LogP contribution in [0.5, 0.6) is 0 Å². The smallest absolute Gasteiger partial charge is 0.396 e. The lowest BCUT2D eigenvalue weighted by molar-refractivity contribution is -0.138. The Hall–Kier alpha value is -0.890. The molecule has 8 heteroatoms. The Morgan fingerprint density at radius 3 is 2.44 bits per heavy atom. The van der Waals surface area contributed by atoms with E-state index in [4.69, 9.17) is 0 Å². The fourth-order valence-corrected chi connectivity index (χ4v) is 2.79. The molecule has 0 atom stereocenters. The molecular formula is C10H14F3N3OS. The van der Waals surface area contributed by atoms with Crippen LogP contribution in [-0.2, 0) is 6.18 Å². The fourth-order valence-electron chi connectivity index (χ4n) is 2.19. The molecule has 102 valence electrons. The maximum atomic E-state index is 12.3. The first kappa shape index (κ1) is 13.5. The molecule has 1 saturated carbocycles. The number of halogens is 3. The Morgan fingerprint density at radius 2 is 1.94 bits per heavy atom. The molecule has 2 N–H and O–H groups in total. The van der Waals surface area contributed by atoms with E-state index in [0.29, 0.717) is 17.9 Å². The zero-order valence-electron chi connectivity index (χ0n) is 9.63. The van der Waals surface area contributed by atoms with Crippen LogP contribution in [0.3, 0.4) is 0 Å². The van der Waals surface area contributed by atoms with Gasteiger partial charge in [0.25, 0.3) is 0 Å². The lowest BCUT2D eigenvalue weighted by atomic mass is 9.87. The summed E-state index contributed by atoms with van der Waals surface area (Å²) >= 11 is 0.492. The van der Waals surface area contributed by atoms with E-state index in [2.05, 4.69) is 15.5 Å². The van der Waals surface area contributed by atoms with E-state index in [1.54, 1.807) is 0 Å². The van der Waals surface area contributed by atoms with Crippen LogP contribution in [0.15, 0.2) is 0 Å². The van der Waals surface area contributed by atoms with Gasteiger partial charge in [-0.1, -0.05) is 24.2 Å². The fraction of sp³-hybridized carbons (Fsp3) is 0.800. The Kier molecular flexibility index (Phi) is 3.76. The molecule has 2 rings (SSSR count). The van der Waals surface area contributed by atoms with E-state index >= 15 is 0 Å². The summed E-state index contributed by atoms with van der Waals surface area (Å²) in [4.78, 5) is 0.